The van der Waals surface area contributed by atoms with Crippen molar-refractivity contribution in [2.45, 2.75) is 13.8 Å². The topological polar surface area (TPSA) is 58.0 Å². The number of benzene rings is 2. The van der Waals surface area contributed by atoms with Gasteiger partial charge in [0.05, 0.1) is 5.39 Å². The van der Waals surface area contributed by atoms with E-state index in [4.69, 9.17) is 11.6 Å². The maximum atomic E-state index is 9.64. The smallest absolute Gasteiger partial charge is 0.225 e. The minimum Gasteiger partial charge on any atom is -0.508 e. The number of nitrogens with one attached hydrogen (secondary N) is 1. The van der Waals surface area contributed by atoms with Crippen LogP contribution >= 0.6 is 22.9 Å². The van der Waals surface area contributed by atoms with Crippen molar-refractivity contribution in [2.24, 2.45) is 0 Å². The third-order valence-electron chi connectivity index (χ3n) is 4.23. The van der Waals surface area contributed by atoms with E-state index in [-0.39, 0.29) is 11.0 Å². The first kappa shape index (κ1) is 16.8. The molecule has 2 aromatic carbocycles. The van der Waals surface area contributed by atoms with Crippen molar-refractivity contribution in [1.82, 2.24) is 9.97 Å². The van der Waals surface area contributed by atoms with Crippen LogP contribution in [0.3, 0.4) is 0 Å². The average molecular weight is 382 g/mol. The molecule has 0 saturated carbocycles. The van der Waals surface area contributed by atoms with E-state index < -0.39 is 0 Å². The minimum atomic E-state index is 0.206. The molecule has 0 aliphatic carbocycles. The second kappa shape index (κ2) is 6.59. The molecule has 2 heterocycles. The molecule has 2 aromatic heterocycles. The zero-order chi connectivity index (χ0) is 18.3. The summed E-state index contributed by atoms with van der Waals surface area (Å²) in [7, 11) is 0. The summed E-state index contributed by atoms with van der Waals surface area (Å²) < 4.78 is 0. The Morgan fingerprint density at radius 1 is 1.04 bits per heavy atom. The van der Waals surface area contributed by atoms with Gasteiger partial charge >= 0.3 is 0 Å². The molecule has 26 heavy (non-hydrogen) atoms. The zero-order valence-electron chi connectivity index (χ0n) is 14.2. The molecule has 0 saturated heterocycles. The molecule has 6 heteroatoms. The Bertz CT molecular complexity index is 1110. The lowest BCUT2D eigenvalue weighted by Gasteiger charge is -2.12. The Kier molecular flexibility index (Phi) is 4.26. The number of aromatic hydroxyl groups is 1. The predicted octanol–water partition coefficient (Wildman–Crippen LogP) is 6.08. The molecule has 0 spiro atoms. The van der Waals surface area contributed by atoms with E-state index in [0.29, 0.717) is 5.82 Å². The van der Waals surface area contributed by atoms with Crippen molar-refractivity contribution >= 4 is 44.7 Å². The van der Waals surface area contributed by atoms with Gasteiger partial charge in [-0.25, -0.2) is 4.98 Å². The number of hydrogen-bond donors (Lipinski definition) is 2. The summed E-state index contributed by atoms with van der Waals surface area (Å²) in [5.74, 6) is 0.896. The molecule has 0 unspecified atom stereocenters. The number of thiophene rings is 1. The Balaban J connectivity index is 1.94. The van der Waals surface area contributed by atoms with Crippen molar-refractivity contribution in [3.63, 3.8) is 0 Å². The Morgan fingerprint density at radius 3 is 2.54 bits per heavy atom. The Morgan fingerprint density at radius 2 is 1.81 bits per heavy atom. The Hall–Kier alpha value is -2.63. The van der Waals surface area contributed by atoms with Crippen LogP contribution in [0.5, 0.6) is 5.75 Å². The first-order valence-electron chi connectivity index (χ1n) is 8.11. The molecule has 0 radical (unpaired) electrons. The van der Waals surface area contributed by atoms with Crippen molar-refractivity contribution in [3.8, 4) is 16.9 Å². The van der Waals surface area contributed by atoms with Gasteiger partial charge in [0.15, 0.2) is 0 Å². The van der Waals surface area contributed by atoms with E-state index in [1.54, 1.807) is 23.5 Å². The molecule has 0 amide bonds. The number of phenolic OH excluding ortho intramolecular Hbond substituents is 1. The Labute approximate surface area is 160 Å². The zero-order valence-corrected chi connectivity index (χ0v) is 15.8. The summed E-state index contributed by atoms with van der Waals surface area (Å²) in [6.45, 7) is 4.01. The number of aromatic nitrogens is 2. The number of rotatable bonds is 3. The first-order chi connectivity index (χ1) is 12.5. The molecule has 0 aliphatic rings. The van der Waals surface area contributed by atoms with Crippen LogP contribution in [0.1, 0.15) is 10.4 Å². The van der Waals surface area contributed by atoms with Gasteiger partial charge in [0.2, 0.25) is 5.28 Å². The van der Waals surface area contributed by atoms with E-state index in [9.17, 15) is 5.11 Å². The molecule has 4 nitrogen and oxygen atoms in total. The van der Waals surface area contributed by atoms with Crippen LogP contribution in [0.2, 0.25) is 5.28 Å². The summed E-state index contributed by atoms with van der Waals surface area (Å²) in [5, 5.41) is 14.2. The van der Waals surface area contributed by atoms with Gasteiger partial charge in [0.1, 0.15) is 16.4 Å². The average Bonchev–Trinajstić information content (AvgIpc) is 2.94. The predicted molar refractivity (Wildman–Crippen MR) is 109 cm³/mol. The van der Waals surface area contributed by atoms with Crippen molar-refractivity contribution in [1.29, 1.82) is 0 Å². The SMILES string of the molecule is Cc1cc(O)ccc1Nc1nc(Cl)nc2sc(C)c(-c3ccccc3)c12. The van der Waals surface area contributed by atoms with Crippen LogP contribution in [0.15, 0.2) is 48.5 Å². The van der Waals surface area contributed by atoms with Crippen LogP contribution in [0, 0.1) is 13.8 Å². The molecule has 130 valence electrons. The fourth-order valence-corrected chi connectivity index (χ4v) is 4.31. The van der Waals surface area contributed by atoms with E-state index in [0.717, 1.165) is 37.5 Å². The lowest BCUT2D eigenvalue weighted by molar-refractivity contribution is 0.475. The molecule has 0 atom stereocenters. The van der Waals surface area contributed by atoms with Crippen LogP contribution < -0.4 is 5.32 Å². The monoisotopic (exact) mass is 381 g/mol. The highest BCUT2D eigenvalue weighted by Gasteiger charge is 2.18. The summed E-state index contributed by atoms with van der Waals surface area (Å²) in [6, 6.07) is 15.4. The fraction of sp³-hybridized carbons (Fsp3) is 0.100. The van der Waals surface area contributed by atoms with Gasteiger partial charge in [0.25, 0.3) is 0 Å². The van der Waals surface area contributed by atoms with Crippen LogP contribution in [0.4, 0.5) is 11.5 Å². The van der Waals surface area contributed by atoms with E-state index in [1.165, 1.54) is 0 Å². The molecule has 0 aliphatic heterocycles. The van der Waals surface area contributed by atoms with E-state index >= 15 is 0 Å². The van der Waals surface area contributed by atoms with Crippen molar-refractivity contribution < 1.29 is 5.11 Å². The maximum Gasteiger partial charge on any atom is 0.225 e. The highest BCUT2D eigenvalue weighted by molar-refractivity contribution is 7.19. The van der Waals surface area contributed by atoms with E-state index in [1.807, 2.05) is 31.2 Å². The van der Waals surface area contributed by atoms with Gasteiger partial charge in [-0.2, -0.15) is 4.98 Å². The third kappa shape index (κ3) is 3.00. The van der Waals surface area contributed by atoms with Crippen LogP contribution in [-0.2, 0) is 0 Å². The number of hydrogen-bond acceptors (Lipinski definition) is 5. The molecule has 0 bridgehead atoms. The number of phenols is 1. The molecular formula is C20H16ClN3OS. The van der Waals surface area contributed by atoms with Gasteiger partial charge < -0.3 is 10.4 Å². The molecular weight excluding hydrogens is 366 g/mol. The van der Waals surface area contributed by atoms with Gasteiger partial charge in [-0.3, -0.25) is 0 Å². The second-order valence-corrected chi connectivity index (χ2v) is 7.59. The number of anilines is 2. The maximum absolute atomic E-state index is 9.64. The minimum absolute atomic E-state index is 0.206. The van der Waals surface area contributed by atoms with Crippen LogP contribution in [0.25, 0.3) is 21.3 Å². The van der Waals surface area contributed by atoms with Gasteiger partial charge in [0, 0.05) is 16.1 Å². The number of aryl methyl sites for hydroxylation is 2. The van der Waals surface area contributed by atoms with E-state index in [2.05, 4.69) is 34.3 Å². The fourth-order valence-electron chi connectivity index (χ4n) is 3.04. The normalized spacial score (nSPS) is 11.0. The largest absolute Gasteiger partial charge is 0.508 e. The molecule has 0 fully saturated rings. The molecule has 4 rings (SSSR count). The number of fused-ring (bicyclic) bond motifs is 1. The highest BCUT2D eigenvalue weighted by atomic mass is 35.5. The van der Waals surface area contributed by atoms with Crippen molar-refractivity contribution in [3.05, 3.63) is 64.3 Å². The van der Waals surface area contributed by atoms with Gasteiger partial charge in [-0.1, -0.05) is 30.3 Å². The second-order valence-electron chi connectivity index (χ2n) is 6.04. The standard InChI is InChI=1S/C20H16ClN3OS/c1-11-10-14(25)8-9-15(11)22-18-17-16(13-6-4-3-5-7-13)12(2)26-19(17)24-20(21)23-18/h3-10,25H,1-2H3,(H,22,23,24). The summed E-state index contributed by atoms with van der Waals surface area (Å²) in [4.78, 5) is 10.9. The lowest BCUT2D eigenvalue weighted by Crippen LogP contribution is -1.98. The first-order valence-corrected chi connectivity index (χ1v) is 9.31. The molecule has 4 aromatic rings. The van der Waals surface area contributed by atoms with Gasteiger partial charge in [-0.15, -0.1) is 11.3 Å². The van der Waals surface area contributed by atoms with Gasteiger partial charge in [-0.05, 0) is 54.8 Å². The lowest BCUT2D eigenvalue weighted by atomic mass is 10.0. The number of halogens is 1. The summed E-state index contributed by atoms with van der Waals surface area (Å²) in [5.41, 5.74) is 4.01. The quantitative estimate of drug-likeness (QED) is 0.333. The summed E-state index contributed by atoms with van der Waals surface area (Å²) in [6.07, 6.45) is 0. The number of nitrogens with zero attached hydrogens (tertiary/aromatic N) is 2. The van der Waals surface area contributed by atoms with Crippen LogP contribution in [-0.4, -0.2) is 15.1 Å². The van der Waals surface area contributed by atoms with Crippen molar-refractivity contribution in [2.75, 3.05) is 5.32 Å². The third-order valence-corrected chi connectivity index (χ3v) is 5.39. The summed E-state index contributed by atoms with van der Waals surface area (Å²) >= 11 is 7.77. The highest BCUT2D eigenvalue weighted by Crippen LogP contribution is 2.42. The molecule has 2 N–H and O–H groups in total.